The van der Waals surface area contributed by atoms with Crippen LogP contribution in [0.15, 0.2) is 23.8 Å². The van der Waals surface area contributed by atoms with E-state index >= 15 is 0 Å². The second-order valence-corrected chi connectivity index (χ2v) is 11.7. The number of esters is 1. The van der Waals surface area contributed by atoms with Crippen LogP contribution in [0.1, 0.15) is 60.3 Å². The first kappa shape index (κ1) is 24.6. The number of ether oxygens (including phenoxy) is 1. The molecule has 7 heteroatoms. The molecule has 0 unspecified atom stereocenters. The van der Waals surface area contributed by atoms with Crippen molar-refractivity contribution < 1.29 is 29.3 Å². The molecule has 9 atom stereocenters. The summed E-state index contributed by atoms with van der Waals surface area (Å²) in [6, 6.07) is 0. The molecule has 3 fully saturated rings. The van der Waals surface area contributed by atoms with Crippen LogP contribution in [0, 0.1) is 34.5 Å². The molecule has 0 spiro atoms. The largest absolute Gasteiger partial charge is 0.450 e. The Bertz CT molecular complexity index is 956. The fraction of sp³-hybridized carbons (Fsp3) is 0.731. The number of hydrogen-bond donors (Lipinski definition) is 2. The number of allylic oxidation sites excluding steroid dienone is 4. The van der Waals surface area contributed by atoms with Crippen LogP contribution >= 0.6 is 11.6 Å². The summed E-state index contributed by atoms with van der Waals surface area (Å²) in [6.07, 6.45) is 5.53. The van der Waals surface area contributed by atoms with E-state index in [1.807, 2.05) is 26.8 Å². The predicted molar refractivity (Wildman–Crippen MR) is 123 cm³/mol. The molecule has 4 aliphatic rings. The first-order valence-electron chi connectivity index (χ1n) is 12.0. The van der Waals surface area contributed by atoms with Crippen molar-refractivity contribution in [3.8, 4) is 0 Å². The van der Waals surface area contributed by atoms with Gasteiger partial charge in [0.05, 0.1) is 11.0 Å². The first-order chi connectivity index (χ1) is 15.3. The fourth-order valence-electron chi connectivity index (χ4n) is 8.16. The van der Waals surface area contributed by atoms with Crippen molar-refractivity contribution in [3.63, 3.8) is 0 Å². The van der Waals surface area contributed by atoms with Crippen LogP contribution in [0.25, 0.3) is 0 Å². The minimum atomic E-state index is -1.52. The zero-order valence-corrected chi connectivity index (χ0v) is 20.8. The van der Waals surface area contributed by atoms with Crippen molar-refractivity contribution in [3.05, 3.63) is 23.8 Å². The molecule has 0 aromatic rings. The third kappa shape index (κ3) is 2.90. The highest BCUT2D eigenvalue weighted by Crippen LogP contribution is 2.72. The maximum atomic E-state index is 13.3. The van der Waals surface area contributed by atoms with Gasteiger partial charge in [0, 0.05) is 23.2 Å². The summed E-state index contributed by atoms with van der Waals surface area (Å²) in [5, 5.41) is 21.6. The van der Waals surface area contributed by atoms with Crippen LogP contribution in [-0.4, -0.2) is 50.9 Å². The van der Waals surface area contributed by atoms with Crippen molar-refractivity contribution in [2.24, 2.45) is 34.5 Å². The third-order valence-electron chi connectivity index (χ3n) is 9.63. The SMILES string of the molecule is CCC(=O)O[C@]1(C(=O)CO)[C@@H](C)C[C@H]2[C@@H]3C[C@H](C)C4=CC(=O)C=C[C@]4(C)[C@@]3(Cl)[C@@H](O)C[C@@]21C. The van der Waals surface area contributed by atoms with Crippen LogP contribution in [0.4, 0.5) is 0 Å². The highest BCUT2D eigenvalue weighted by atomic mass is 35.5. The summed E-state index contributed by atoms with van der Waals surface area (Å²) >= 11 is 7.48. The number of aliphatic hydroxyl groups excluding tert-OH is 2. The molecule has 6 nitrogen and oxygen atoms in total. The van der Waals surface area contributed by atoms with Crippen LogP contribution in [0.2, 0.25) is 0 Å². The summed E-state index contributed by atoms with van der Waals surface area (Å²) in [7, 11) is 0. The van der Waals surface area contributed by atoms with Gasteiger partial charge in [-0.1, -0.05) is 46.3 Å². The number of hydrogen-bond acceptors (Lipinski definition) is 6. The van der Waals surface area contributed by atoms with Gasteiger partial charge < -0.3 is 14.9 Å². The van der Waals surface area contributed by atoms with Gasteiger partial charge in [0.25, 0.3) is 0 Å². The molecule has 0 bridgehead atoms. The van der Waals surface area contributed by atoms with Gasteiger partial charge in [-0.2, -0.15) is 0 Å². The lowest BCUT2D eigenvalue weighted by atomic mass is 9.44. The van der Waals surface area contributed by atoms with E-state index in [0.29, 0.717) is 12.8 Å². The van der Waals surface area contributed by atoms with E-state index in [-0.39, 0.29) is 42.3 Å². The number of aliphatic hydroxyl groups is 2. The highest BCUT2D eigenvalue weighted by molar-refractivity contribution is 6.26. The number of Topliss-reactive ketones (excluding diaryl/α,β-unsaturated/α-hetero) is 1. The monoisotopic (exact) mass is 478 g/mol. The van der Waals surface area contributed by atoms with E-state index in [0.717, 1.165) is 5.57 Å². The Morgan fingerprint density at radius 2 is 1.88 bits per heavy atom. The quantitative estimate of drug-likeness (QED) is 0.474. The Hall–Kier alpha value is -1.50. The Morgan fingerprint density at radius 3 is 2.48 bits per heavy atom. The summed E-state index contributed by atoms with van der Waals surface area (Å²) in [5.41, 5.74) is -2.19. The lowest BCUT2D eigenvalue weighted by molar-refractivity contribution is -0.203. The number of alkyl halides is 1. The molecular formula is C26H35ClO6. The number of halogens is 1. The minimum Gasteiger partial charge on any atom is -0.450 e. The average molecular weight is 479 g/mol. The Kier molecular flexibility index (Phi) is 5.79. The zero-order valence-electron chi connectivity index (χ0n) is 20.1. The minimum absolute atomic E-state index is 0.0624. The average Bonchev–Trinajstić information content (AvgIpc) is 2.98. The number of rotatable bonds is 4. The van der Waals surface area contributed by atoms with E-state index in [1.165, 1.54) is 6.08 Å². The number of fused-ring (bicyclic) bond motifs is 5. The van der Waals surface area contributed by atoms with Crippen molar-refractivity contribution >= 4 is 29.1 Å². The van der Waals surface area contributed by atoms with E-state index in [4.69, 9.17) is 16.3 Å². The van der Waals surface area contributed by atoms with E-state index < -0.39 is 45.8 Å². The van der Waals surface area contributed by atoms with Crippen molar-refractivity contribution in [1.29, 1.82) is 0 Å². The summed E-state index contributed by atoms with van der Waals surface area (Å²) in [5.74, 6) is -1.65. The molecule has 4 aliphatic carbocycles. The lowest BCUT2D eigenvalue weighted by Gasteiger charge is -2.65. The Morgan fingerprint density at radius 1 is 1.21 bits per heavy atom. The van der Waals surface area contributed by atoms with Crippen molar-refractivity contribution in [1.82, 2.24) is 0 Å². The molecule has 0 radical (unpaired) electrons. The van der Waals surface area contributed by atoms with Crippen LogP contribution < -0.4 is 0 Å². The number of carbonyl (C=O) groups excluding carboxylic acids is 3. The van der Waals surface area contributed by atoms with Gasteiger partial charge in [0.1, 0.15) is 6.61 Å². The molecule has 2 N–H and O–H groups in total. The molecule has 0 aromatic heterocycles. The summed E-state index contributed by atoms with van der Waals surface area (Å²) in [6.45, 7) is 8.81. The molecule has 182 valence electrons. The van der Waals surface area contributed by atoms with Crippen LogP contribution in [0.3, 0.4) is 0 Å². The summed E-state index contributed by atoms with van der Waals surface area (Å²) < 4.78 is 5.95. The first-order valence-corrected chi connectivity index (χ1v) is 12.4. The lowest BCUT2D eigenvalue weighted by Crippen LogP contribution is -2.70. The second kappa shape index (κ2) is 7.76. The summed E-state index contributed by atoms with van der Waals surface area (Å²) in [4.78, 5) is 36.9. The van der Waals surface area contributed by atoms with Crippen LogP contribution in [-0.2, 0) is 19.1 Å². The maximum Gasteiger partial charge on any atom is 0.306 e. The van der Waals surface area contributed by atoms with Gasteiger partial charge in [0.2, 0.25) is 5.78 Å². The molecule has 3 saturated carbocycles. The van der Waals surface area contributed by atoms with Gasteiger partial charge >= 0.3 is 5.97 Å². The number of ketones is 2. The van der Waals surface area contributed by atoms with Gasteiger partial charge in [0.15, 0.2) is 11.4 Å². The Labute approximate surface area is 200 Å². The van der Waals surface area contributed by atoms with Gasteiger partial charge in [-0.25, -0.2) is 0 Å². The third-order valence-corrected chi connectivity index (χ3v) is 10.6. The van der Waals surface area contributed by atoms with E-state index in [1.54, 1.807) is 13.0 Å². The van der Waals surface area contributed by atoms with Gasteiger partial charge in [-0.05, 0) is 49.2 Å². The highest BCUT2D eigenvalue weighted by Gasteiger charge is 2.76. The molecule has 0 heterocycles. The molecule has 33 heavy (non-hydrogen) atoms. The maximum absolute atomic E-state index is 13.3. The molecular weight excluding hydrogens is 444 g/mol. The van der Waals surface area contributed by atoms with Crippen molar-refractivity contribution in [2.45, 2.75) is 76.9 Å². The Balaban J connectivity index is 1.88. The van der Waals surface area contributed by atoms with E-state index in [9.17, 15) is 24.6 Å². The second-order valence-electron chi connectivity index (χ2n) is 11.1. The molecule has 4 rings (SSSR count). The smallest absolute Gasteiger partial charge is 0.306 e. The molecule has 0 aromatic carbocycles. The predicted octanol–water partition coefficient (Wildman–Crippen LogP) is 3.37. The standard InChI is InChI=1S/C26H35ClO6/c1-6-22(32)33-26(21(31)13-28)15(3)10-18-19-9-14(2)17-11-16(29)7-8-23(17,4)25(19,27)20(30)12-24(18,26)5/h7-8,11,14-15,18-20,28,30H,6,9-10,12-13H2,1-5H3/t14-,15-,18-,19-,20-,23-,24-,25-,26-/m0/s1. The van der Waals surface area contributed by atoms with Crippen molar-refractivity contribution in [2.75, 3.05) is 6.61 Å². The van der Waals surface area contributed by atoms with E-state index in [2.05, 4.69) is 6.92 Å². The zero-order chi connectivity index (χ0) is 24.6. The molecule has 0 saturated heterocycles. The fourth-order valence-corrected chi connectivity index (χ4v) is 8.65. The normalized spacial score (nSPS) is 48.4. The topological polar surface area (TPSA) is 101 Å². The van der Waals surface area contributed by atoms with Gasteiger partial charge in [-0.15, -0.1) is 11.6 Å². The van der Waals surface area contributed by atoms with Crippen LogP contribution in [0.5, 0.6) is 0 Å². The number of carbonyl (C=O) groups is 3. The van der Waals surface area contributed by atoms with Gasteiger partial charge in [-0.3, -0.25) is 14.4 Å². The molecule has 0 amide bonds. The molecule has 0 aliphatic heterocycles.